The number of para-hydroxylation sites is 1. The minimum atomic E-state index is -0.111. The fourth-order valence-electron chi connectivity index (χ4n) is 1.02. The maximum atomic E-state index is 8.76. The van der Waals surface area contributed by atoms with Crippen LogP contribution in [0, 0.1) is 0 Å². The molecule has 0 aromatic heterocycles. The second-order valence-corrected chi connectivity index (χ2v) is 4.03. The van der Waals surface area contributed by atoms with Gasteiger partial charge in [0.2, 0.25) is 4.38 Å². The summed E-state index contributed by atoms with van der Waals surface area (Å²) in [6.45, 7) is 0.593. The zero-order valence-electron chi connectivity index (χ0n) is 7.69. The third-order valence-electron chi connectivity index (χ3n) is 1.61. The van der Waals surface area contributed by atoms with E-state index in [-0.39, 0.29) is 4.38 Å². The lowest BCUT2D eigenvalue weighted by molar-refractivity contribution is 0.409. The molecule has 0 aliphatic heterocycles. The SMILES string of the molecule is COc1ccccc1CNSC(O)=S. The van der Waals surface area contributed by atoms with Gasteiger partial charge in [-0.05, 0) is 18.3 Å². The van der Waals surface area contributed by atoms with E-state index in [1.807, 2.05) is 24.3 Å². The monoisotopic (exact) mass is 229 g/mol. The molecular formula is C9H11NO2S2. The van der Waals surface area contributed by atoms with Gasteiger partial charge in [-0.25, -0.2) is 0 Å². The van der Waals surface area contributed by atoms with E-state index in [9.17, 15) is 0 Å². The van der Waals surface area contributed by atoms with Gasteiger partial charge in [0, 0.05) is 24.1 Å². The molecule has 76 valence electrons. The van der Waals surface area contributed by atoms with Crippen molar-refractivity contribution in [1.82, 2.24) is 4.72 Å². The van der Waals surface area contributed by atoms with Crippen LogP contribution in [0.2, 0.25) is 0 Å². The number of methoxy groups -OCH3 is 1. The number of ether oxygens (including phenoxy) is 1. The normalized spacial score (nSPS) is 9.79. The minimum Gasteiger partial charge on any atom is -0.496 e. The van der Waals surface area contributed by atoms with Gasteiger partial charge < -0.3 is 9.84 Å². The molecule has 5 heteroatoms. The second-order valence-electron chi connectivity index (χ2n) is 2.50. The van der Waals surface area contributed by atoms with Crippen molar-refractivity contribution in [3.8, 4) is 5.75 Å². The average Bonchev–Trinajstić information content (AvgIpc) is 2.18. The number of thiocarbonyl (C=S) groups is 1. The highest BCUT2D eigenvalue weighted by Gasteiger charge is 2.01. The summed E-state index contributed by atoms with van der Waals surface area (Å²) in [5.74, 6) is 0.824. The highest BCUT2D eigenvalue weighted by Crippen LogP contribution is 2.17. The van der Waals surface area contributed by atoms with Crippen molar-refractivity contribution in [3.05, 3.63) is 29.8 Å². The maximum Gasteiger partial charge on any atom is 0.232 e. The van der Waals surface area contributed by atoms with Crippen molar-refractivity contribution < 1.29 is 9.84 Å². The van der Waals surface area contributed by atoms with E-state index >= 15 is 0 Å². The van der Waals surface area contributed by atoms with E-state index < -0.39 is 0 Å². The predicted molar refractivity (Wildman–Crippen MR) is 62.7 cm³/mol. The minimum absolute atomic E-state index is 0.111. The summed E-state index contributed by atoms with van der Waals surface area (Å²) in [6.07, 6.45) is 0. The first-order chi connectivity index (χ1) is 6.74. The largest absolute Gasteiger partial charge is 0.496 e. The molecule has 0 saturated heterocycles. The van der Waals surface area contributed by atoms with Gasteiger partial charge in [-0.15, -0.1) is 0 Å². The summed E-state index contributed by atoms with van der Waals surface area (Å²) in [5.41, 5.74) is 1.03. The molecule has 14 heavy (non-hydrogen) atoms. The molecule has 1 aromatic rings. The van der Waals surface area contributed by atoms with Crippen LogP contribution in [0.3, 0.4) is 0 Å². The van der Waals surface area contributed by atoms with Gasteiger partial charge in [0.25, 0.3) is 0 Å². The predicted octanol–water partition coefficient (Wildman–Crippen LogP) is 2.28. The molecule has 0 unspecified atom stereocenters. The molecule has 0 bridgehead atoms. The molecule has 0 saturated carbocycles. The Balaban J connectivity index is 2.53. The number of aliphatic hydroxyl groups is 1. The van der Waals surface area contributed by atoms with Crippen molar-refractivity contribution in [2.75, 3.05) is 7.11 Å². The van der Waals surface area contributed by atoms with Gasteiger partial charge in [-0.3, -0.25) is 4.72 Å². The molecule has 0 atom stereocenters. The Labute approximate surface area is 92.6 Å². The highest BCUT2D eigenvalue weighted by atomic mass is 32.2. The molecule has 3 nitrogen and oxygen atoms in total. The van der Waals surface area contributed by atoms with E-state index in [1.165, 1.54) is 0 Å². The van der Waals surface area contributed by atoms with Crippen LogP contribution in [-0.2, 0) is 6.54 Å². The molecule has 2 N–H and O–H groups in total. The topological polar surface area (TPSA) is 41.5 Å². The number of benzene rings is 1. The third kappa shape index (κ3) is 3.53. The fourth-order valence-corrected chi connectivity index (χ4v) is 1.55. The lowest BCUT2D eigenvalue weighted by Crippen LogP contribution is -2.07. The van der Waals surface area contributed by atoms with Crippen molar-refractivity contribution in [3.63, 3.8) is 0 Å². The smallest absolute Gasteiger partial charge is 0.232 e. The third-order valence-corrected chi connectivity index (χ3v) is 2.33. The van der Waals surface area contributed by atoms with Gasteiger partial charge >= 0.3 is 0 Å². The average molecular weight is 229 g/mol. The Hall–Kier alpha value is -0.780. The Bertz CT molecular complexity index is 317. The summed E-state index contributed by atoms with van der Waals surface area (Å²) in [4.78, 5) is 0. The standard InChI is InChI=1S/C9H11NO2S2/c1-12-8-5-3-2-4-7(8)6-10-14-9(11)13/h2-5,10H,6H2,1H3,(H,11,13). The number of aliphatic hydroxyl groups excluding tert-OH is 1. The van der Waals surface area contributed by atoms with Crippen LogP contribution in [-0.4, -0.2) is 16.6 Å². The molecule has 0 radical (unpaired) electrons. The first-order valence-corrected chi connectivity index (χ1v) is 5.21. The summed E-state index contributed by atoms with van der Waals surface area (Å²) in [7, 11) is 1.63. The summed E-state index contributed by atoms with van der Waals surface area (Å²) >= 11 is 5.52. The van der Waals surface area contributed by atoms with Crippen LogP contribution < -0.4 is 9.46 Å². The van der Waals surface area contributed by atoms with Crippen LogP contribution in [0.4, 0.5) is 0 Å². The zero-order valence-corrected chi connectivity index (χ0v) is 9.32. The van der Waals surface area contributed by atoms with E-state index in [2.05, 4.69) is 16.9 Å². The van der Waals surface area contributed by atoms with Crippen molar-refractivity contribution >= 4 is 28.5 Å². The first-order valence-electron chi connectivity index (χ1n) is 3.98. The molecule has 0 amide bonds. The first kappa shape index (κ1) is 11.3. The second kappa shape index (κ2) is 5.85. The summed E-state index contributed by atoms with van der Waals surface area (Å²) < 4.78 is 7.97. The van der Waals surface area contributed by atoms with Gasteiger partial charge in [0.05, 0.1) is 7.11 Å². The van der Waals surface area contributed by atoms with Crippen LogP contribution in [0.25, 0.3) is 0 Å². The summed E-state index contributed by atoms with van der Waals surface area (Å²) in [5, 5.41) is 8.76. The molecule has 0 aliphatic carbocycles. The van der Waals surface area contributed by atoms with Crippen molar-refractivity contribution in [2.24, 2.45) is 0 Å². The molecule has 0 fully saturated rings. The molecule has 1 aromatic carbocycles. The Morgan fingerprint density at radius 3 is 2.93 bits per heavy atom. The van der Waals surface area contributed by atoms with E-state index in [4.69, 9.17) is 9.84 Å². The number of nitrogens with one attached hydrogen (secondary N) is 1. The van der Waals surface area contributed by atoms with Gasteiger partial charge in [0.1, 0.15) is 5.75 Å². The van der Waals surface area contributed by atoms with E-state index in [1.54, 1.807) is 7.11 Å². The molecule has 0 spiro atoms. The molecule has 0 heterocycles. The van der Waals surface area contributed by atoms with Crippen molar-refractivity contribution in [1.29, 1.82) is 0 Å². The fraction of sp³-hybridized carbons (Fsp3) is 0.222. The molecular weight excluding hydrogens is 218 g/mol. The highest BCUT2D eigenvalue weighted by molar-refractivity contribution is 8.21. The lowest BCUT2D eigenvalue weighted by atomic mass is 10.2. The van der Waals surface area contributed by atoms with Crippen LogP contribution >= 0.6 is 24.2 Å². The van der Waals surface area contributed by atoms with E-state index in [0.717, 1.165) is 23.3 Å². The Kier molecular flexibility index (Phi) is 4.72. The van der Waals surface area contributed by atoms with E-state index in [0.29, 0.717) is 6.54 Å². The van der Waals surface area contributed by atoms with Gasteiger partial charge in [0.15, 0.2) is 0 Å². The molecule has 1 rings (SSSR count). The van der Waals surface area contributed by atoms with Crippen LogP contribution in [0.15, 0.2) is 24.3 Å². The zero-order chi connectivity index (χ0) is 10.4. The van der Waals surface area contributed by atoms with Gasteiger partial charge in [-0.2, -0.15) is 0 Å². The Morgan fingerprint density at radius 2 is 2.29 bits per heavy atom. The lowest BCUT2D eigenvalue weighted by Gasteiger charge is -2.07. The number of hydrogen-bond donors (Lipinski definition) is 2. The maximum absolute atomic E-state index is 8.76. The quantitative estimate of drug-likeness (QED) is 0.612. The van der Waals surface area contributed by atoms with Crippen LogP contribution in [0.5, 0.6) is 5.75 Å². The van der Waals surface area contributed by atoms with Crippen LogP contribution in [0.1, 0.15) is 5.56 Å². The Morgan fingerprint density at radius 1 is 1.57 bits per heavy atom. The number of hydrogen-bond acceptors (Lipinski definition) is 4. The molecule has 0 aliphatic rings. The van der Waals surface area contributed by atoms with Gasteiger partial charge in [-0.1, -0.05) is 18.2 Å². The van der Waals surface area contributed by atoms with Crippen molar-refractivity contribution in [2.45, 2.75) is 6.54 Å². The number of rotatable bonds is 4. The summed E-state index contributed by atoms with van der Waals surface area (Å²) in [6, 6.07) is 7.68.